The molecule has 0 radical (unpaired) electrons. The van der Waals surface area contributed by atoms with Crippen LogP contribution in [0.5, 0.6) is 0 Å². The second-order valence-corrected chi connectivity index (χ2v) is 6.85. The second-order valence-electron chi connectivity index (χ2n) is 6.44. The molecule has 0 bridgehead atoms. The normalized spacial score (nSPS) is 12.3. The minimum absolute atomic E-state index is 0.120. The molecule has 0 saturated heterocycles. The molecule has 7 nitrogen and oxygen atoms in total. The molecule has 144 valence electrons. The third kappa shape index (κ3) is 6.61. The van der Waals surface area contributed by atoms with Gasteiger partial charge in [0.1, 0.15) is 17.4 Å². The number of benzene rings is 1. The van der Waals surface area contributed by atoms with E-state index in [1.807, 2.05) is 0 Å². The highest BCUT2D eigenvalue weighted by Gasteiger charge is 2.30. The minimum atomic E-state index is -1.26. The van der Waals surface area contributed by atoms with Crippen LogP contribution in [-0.2, 0) is 20.8 Å². The minimum Gasteiger partial charge on any atom is -0.368 e. The van der Waals surface area contributed by atoms with Crippen LogP contribution in [0.3, 0.4) is 0 Å². The summed E-state index contributed by atoms with van der Waals surface area (Å²) in [5, 5.41) is 5.22. The predicted molar refractivity (Wildman–Crippen MR) is 96.7 cm³/mol. The first-order valence-electron chi connectivity index (χ1n) is 8.12. The lowest BCUT2D eigenvalue weighted by Crippen LogP contribution is -2.58. The monoisotopic (exact) mass is 386 g/mol. The molecule has 0 unspecified atom stereocenters. The Balaban J connectivity index is 2.81. The van der Waals surface area contributed by atoms with E-state index in [1.165, 1.54) is 26.0 Å². The Labute approximate surface area is 156 Å². The Hall–Kier alpha value is -2.19. The van der Waals surface area contributed by atoms with Crippen molar-refractivity contribution in [2.75, 3.05) is 6.54 Å². The van der Waals surface area contributed by atoms with Crippen molar-refractivity contribution in [2.45, 2.75) is 44.7 Å². The zero-order chi connectivity index (χ0) is 19.9. The van der Waals surface area contributed by atoms with Gasteiger partial charge in [0, 0.05) is 5.02 Å². The molecule has 26 heavy (non-hydrogen) atoms. The van der Waals surface area contributed by atoms with E-state index < -0.39 is 35.1 Å². The van der Waals surface area contributed by atoms with Crippen molar-refractivity contribution in [3.05, 3.63) is 34.6 Å². The molecule has 0 saturated carbocycles. The summed E-state index contributed by atoms with van der Waals surface area (Å²) in [6, 6.07) is 2.83. The number of amides is 3. The smallest absolute Gasteiger partial charge is 0.243 e. The van der Waals surface area contributed by atoms with E-state index in [1.54, 1.807) is 0 Å². The van der Waals surface area contributed by atoms with Crippen molar-refractivity contribution in [1.82, 2.24) is 10.6 Å². The van der Waals surface area contributed by atoms with Crippen LogP contribution in [0.15, 0.2) is 18.2 Å². The molecular weight excluding hydrogens is 363 g/mol. The molecule has 0 aromatic heterocycles. The lowest BCUT2D eigenvalue weighted by Gasteiger charge is -2.26. The molecule has 0 fully saturated rings. The fourth-order valence-corrected chi connectivity index (χ4v) is 2.36. The maximum Gasteiger partial charge on any atom is 0.243 e. The van der Waals surface area contributed by atoms with Gasteiger partial charge in [-0.25, -0.2) is 4.39 Å². The number of hydrogen-bond donors (Lipinski definition) is 4. The van der Waals surface area contributed by atoms with Gasteiger partial charge in [-0.15, -0.1) is 0 Å². The third-order valence-electron chi connectivity index (χ3n) is 3.77. The Morgan fingerprint density at radius 3 is 2.50 bits per heavy atom. The highest BCUT2D eigenvalue weighted by atomic mass is 35.5. The molecule has 3 amide bonds. The lowest BCUT2D eigenvalue weighted by atomic mass is 10.0. The number of nitrogens with two attached hydrogens (primary N) is 2. The average molecular weight is 387 g/mol. The molecule has 9 heteroatoms. The molecule has 1 atom stereocenters. The van der Waals surface area contributed by atoms with E-state index in [9.17, 15) is 18.8 Å². The van der Waals surface area contributed by atoms with Gasteiger partial charge in [-0.1, -0.05) is 17.7 Å². The zero-order valence-corrected chi connectivity index (χ0v) is 15.5. The number of primary amides is 1. The molecule has 1 aromatic rings. The number of halogens is 2. The van der Waals surface area contributed by atoms with E-state index in [0.717, 1.165) is 6.07 Å². The first-order chi connectivity index (χ1) is 12.1. The number of hydrogen-bond acceptors (Lipinski definition) is 4. The van der Waals surface area contributed by atoms with E-state index in [0.29, 0.717) is 24.9 Å². The highest BCUT2D eigenvalue weighted by molar-refractivity contribution is 6.31. The fourth-order valence-electron chi connectivity index (χ4n) is 2.13. The summed E-state index contributed by atoms with van der Waals surface area (Å²) in [5.41, 5.74) is 9.88. The van der Waals surface area contributed by atoms with Crippen LogP contribution in [0.25, 0.3) is 0 Å². The molecule has 6 N–H and O–H groups in total. The third-order valence-corrected chi connectivity index (χ3v) is 4.12. The SMILES string of the molecule is CC(C)(NC(=O)[C@@H](CCCN)NC(=O)Cc1ccc(F)cc1Cl)C(N)=O. The van der Waals surface area contributed by atoms with Gasteiger partial charge < -0.3 is 22.1 Å². The first-order valence-corrected chi connectivity index (χ1v) is 8.50. The summed E-state index contributed by atoms with van der Waals surface area (Å²) >= 11 is 5.91. The summed E-state index contributed by atoms with van der Waals surface area (Å²) in [6.45, 7) is 3.27. The quantitative estimate of drug-likeness (QED) is 0.496. The van der Waals surface area contributed by atoms with Gasteiger partial charge in [-0.3, -0.25) is 14.4 Å². The summed E-state index contributed by atoms with van der Waals surface area (Å²) in [5.74, 6) is -2.21. The van der Waals surface area contributed by atoms with Crippen LogP contribution in [0.2, 0.25) is 5.02 Å². The molecule has 0 aliphatic rings. The van der Waals surface area contributed by atoms with Crippen molar-refractivity contribution < 1.29 is 18.8 Å². The number of carbonyl (C=O) groups is 3. The maximum atomic E-state index is 13.1. The van der Waals surface area contributed by atoms with Crippen LogP contribution in [0.4, 0.5) is 4.39 Å². The fraction of sp³-hybridized carbons (Fsp3) is 0.471. The number of carbonyl (C=O) groups excluding carboxylic acids is 3. The second kappa shape index (κ2) is 9.49. The molecule has 0 aliphatic carbocycles. The van der Waals surface area contributed by atoms with E-state index in [2.05, 4.69) is 10.6 Å². The van der Waals surface area contributed by atoms with Crippen LogP contribution in [0, 0.1) is 5.82 Å². The van der Waals surface area contributed by atoms with Crippen LogP contribution in [0.1, 0.15) is 32.3 Å². The van der Waals surface area contributed by atoms with Crippen LogP contribution in [-0.4, -0.2) is 35.8 Å². The first kappa shape index (κ1) is 21.9. The molecule has 0 heterocycles. The van der Waals surface area contributed by atoms with Crippen molar-refractivity contribution in [3.8, 4) is 0 Å². The Morgan fingerprint density at radius 2 is 1.96 bits per heavy atom. The van der Waals surface area contributed by atoms with Gasteiger partial charge in [0.25, 0.3) is 0 Å². The van der Waals surface area contributed by atoms with Gasteiger partial charge in [0.15, 0.2) is 0 Å². The van der Waals surface area contributed by atoms with Crippen LogP contribution < -0.4 is 22.1 Å². The van der Waals surface area contributed by atoms with Gasteiger partial charge >= 0.3 is 0 Å². The topological polar surface area (TPSA) is 127 Å². The lowest BCUT2D eigenvalue weighted by molar-refractivity contribution is -0.133. The number of rotatable bonds is 9. The largest absolute Gasteiger partial charge is 0.368 e. The zero-order valence-electron chi connectivity index (χ0n) is 14.8. The Morgan fingerprint density at radius 1 is 1.31 bits per heavy atom. The van der Waals surface area contributed by atoms with E-state index in [4.69, 9.17) is 23.1 Å². The standard InChI is InChI=1S/C17H24ClFN4O3/c1-17(2,16(21)26)23-15(25)13(4-3-7-20)22-14(24)8-10-5-6-11(19)9-12(10)18/h5-6,9,13H,3-4,7-8,20H2,1-2H3,(H2,21,26)(H,22,24)(H,23,25)/t13-/m1/s1. The van der Waals surface area contributed by atoms with Crippen LogP contribution >= 0.6 is 11.6 Å². The molecule has 1 aromatic carbocycles. The summed E-state index contributed by atoms with van der Waals surface area (Å²) in [4.78, 5) is 36.1. The Bertz CT molecular complexity index is 682. The van der Waals surface area contributed by atoms with Crippen molar-refractivity contribution in [2.24, 2.45) is 11.5 Å². The predicted octanol–water partition coefficient (Wildman–Crippen LogP) is 0.625. The van der Waals surface area contributed by atoms with Crippen molar-refractivity contribution in [3.63, 3.8) is 0 Å². The van der Waals surface area contributed by atoms with E-state index >= 15 is 0 Å². The molecule has 1 rings (SSSR count). The molecular formula is C17H24ClFN4O3. The average Bonchev–Trinajstić information content (AvgIpc) is 2.53. The number of nitrogens with one attached hydrogen (secondary N) is 2. The summed E-state index contributed by atoms with van der Waals surface area (Å²) < 4.78 is 13.1. The van der Waals surface area contributed by atoms with Gasteiger partial charge in [0.2, 0.25) is 17.7 Å². The maximum absolute atomic E-state index is 13.1. The Kier molecular flexibility index (Phi) is 7.98. The van der Waals surface area contributed by atoms with Gasteiger partial charge in [-0.05, 0) is 50.9 Å². The summed E-state index contributed by atoms with van der Waals surface area (Å²) in [7, 11) is 0. The molecule has 0 aliphatic heterocycles. The van der Waals surface area contributed by atoms with Crippen molar-refractivity contribution in [1.29, 1.82) is 0 Å². The molecule has 0 spiro atoms. The highest BCUT2D eigenvalue weighted by Crippen LogP contribution is 2.17. The van der Waals surface area contributed by atoms with E-state index in [-0.39, 0.29) is 11.4 Å². The van der Waals surface area contributed by atoms with Gasteiger partial charge in [-0.2, -0.15) is 0 Å². The summed E-state index contributed by atoms with van der Waals surface area (Å²) in [6.07, 6.45) is 0.664. The van der Waals surface area contributed by atoms with Gasteiger partial charge in [0.05, 0.1) is 6.42 Å². The van der Waals surface area contributed by atoms with Crippen molar-refractivity contribution >= 4 is 29.3 Å².